The highest BCUT2D eigenvalue weighted by molar-refractivity contribution is 5.46. The minimum absolute atomic E-state index is 0.448. The predicted octanol–water partition coefficient (Wildman–Crippen LogP) is 1.20. The second kappa shape index (κ2) is 3.20. The van der Waals surface area contributed by atoms with Gasteiger partial charge in [-0.2, -0.15) is 0 Å². The number of nitrogens with zero attached hydrogens (tertiary/aromatic N) is 2. The topological polar surface area (TPSA) is 28.2 Å². The maximum Gasteiger partial charge on any atom is 0.128 e. The largest absolute Gasteiger partial charge is 0.353 e. The van der Waals surface area contributed by atoms with Crippen LogP contribution in [0.5, 0.6) is 0 Å². The van der Waals surface area contributed by atoms with Gasteiger partial charge < -0.3 is 10.2 Å². The van der Waals surface area contributed by atoms with Crippen molar-refractivity contribution >= 4 is 5.82 Å². The van der Waals surface area contributed by atoms with Crippen molar-refractivity contribution in [3.63, 3.8) is 0 Å². The molecular formula is C12H17N3. The number of aromatic nitrogens is 1. The molecule has 15 heavy (non-hydrogen) atoms. The van der Waals surface area contributed by atoms with Crippen molar-refractivity contribution in [3.05, 3.63) is 23.9 Å². The fourth-order valence-corrected chi connectivity index (χ4v) is 2.43. The summed E-state index contributed by atoms with van der Waals surface area (Å²) in [5, 5.41) is 3.52. The lowest BCUT2D eigenvalue weighted by Gasteiger charge is -2.56. The van der Waals surface area contributed by atoms with Gasteiger partial charge in [0.2, 0.25) is 0 Å². The van der Waals surface area contributed by atoms with E-state index < -0.39 is 0 Å². The van der Waals surface area contributed by atoms with E-state index in [4.69, 9.17) is 0 Å². The highest BCUT2D eigenvalue weighted by Crippen LogP contribution is 2.32. The molecule has 3 rings (SSSR count). The van der Waals surface area contributed by atoms with Crippen molar-refractivity contribution in [1.29, 1.82) is 0 Å². The molecule has 0 saturated carbocycles. The molecule has 0 atom stereocenters. The van der Waals surface area contributed by atoms with Gasteiger partial charge in [0.15, 0.2) is 0 Å². The van der Waals surface area contributed by atoms with Gasteiger partial charge in [0.05, 0.1) is 5.54 Å². The quantitative estimate of drug-likeness (QED) is 0.782. The van der Waals surface area contributed by atoms with Gasteiger partial charge in [-0.15, -0.1) is 0 Å². The average Bonchev–Trinajstić information content (AvgIpc) is 2.14. The molecule has 1 N–H and O–H groups in total. The highest BCUT2D eigenvalue weighted by atomic mass is 15.3. The van der Waals surface area contributed by atoms with E-state index in [1.54, 1.807) is 0 Å². The standard InChI is InChI=1S/C12H17N3/c1-2-10-4-3-5-11(14-10)15-8-12(9-15)6-7-13-12/h3-5,13H,2,6-9H2,1H3. The number of hydrogen-bond acceptors (Lipinski definition) is 3. The second-order valence-electron chi connectivity index (χ2n) is 4.65. The van der Waals surface area contributed by atoms with E-state index in [1.165, 1.54) is 18.7 Å². The van der Waals surface area contributed by atoms with Crippen molar-refractivity contribution in [2.24, 2.45) is 0 Å². The first-order valence-corrected chi connectivity index (χ1v) is 5.77. The molecule has 0 amide bonds. The van der Waals surface area contributed by atoms with Crippen LogP contribution >= 0.6 is 0 Å². The summed E-state index contributed by atoms with van der Waals surface area (Å²) in [7, 11) is 0. The molecule has 1 aromatic heterocycles. The monoisotopic (exact) mass is 203 g/mol. The molecule has 80 valence electrons. The van der Waals surface area contributed by atoms with Gasteiger partial charge in [-0.3, -0.25) is 0 Å². The minimum Gasteiger partial charge on any atom is -0.353 e. The van der Waals surface area contributed by atoms with Gasteiger partial charge in [0.25, 0.3) is 0 Å². The Morgan fingerprint density at radius 1 is 1.47 bits per heavy atom. The van der Waals surface area contributed by atoms with Gasteiger partial charge >= 0.3 is 0 Å². The van der Waals surface area contributed by atoms with E-state index in [0.29, 0.717) is 5.54 Å². The molecule has 0 aliphatic carbocycles. The summed E-state index contributed by atoms with van der Waals surface area (Å²) >= 11 is 0. The zero-order valence-corrected chi connectivity index (χ0v) is 9.16. The third kappa shape index (κ3) is 1.42. The van der Waals surface area contributed by atoms with Crippen LogP contribution < -0.4 is 10.2 Å². The highest BCUT2D eigenvalue weighted by Gasteiger charge is 2.47. The zero-order chi connectivity index (χ0) is 10.3. The van der Waals surface area contributed by atoms with Gasteiger partial charge in [0, 0.05) is 18.8 Å². The van der Waals surface area contributed by atoms with Crippen LogP contribution in [-0.2, 0) is 6.42 Å². The van der Waals surface area contributed by atoms with E-state index in [0.717, 1.165) is 25.3 Å². The van der Waals surface area contributed by atoms with Gasteiger partial charge in [-0.1, -0.05) is 13.0 Å². The Morgan fingerprint density at radius 3 is 2.87 bits per heavy atom. The lowest BCUT2D eigenvalue weighted by Crippen LogP contribution is -2.76. The first-order chi connectivity index (χ1) is 7.31. The Balaban J connectivity index is 1.72. The smallest absolute Gasteiger partial charge is 0.128 e. The zero-order valence-electron chi connectivity index (χ0n) is 9.16. The molecule has 2 aliphatic rings. The van der Waals surface area contributed by atoms with Crippen LogP contribution in [0.4, 0.5) is 5.82 Å². The molecular weight excluding hydrogens is 186 g/mol. The number of rotatable bonds is 2. The van der Waals surface area contributed by atoms with Gasteiger partial charge in [0.1, 0.15) is 5.82 Å². The first-order valence-electron chi connectivity index (χ1n) is 5.77. The number of hydrogen-bond donors (Lipinski definition) is 1. The van der Waals surface area contributed by atoms with Crippen LogP contribution in [0.3, 0.4) is 0 Å². The molecule has 0 aromatic carbocycles. The van der Waals surface area contributed by atoms with Crippen molar-refractivity contribution in [2.45, 2.75) is 25.3 Å². The van der Waals surface area contributed by atoms with E-state index in [1.807, 2.05) is 0 Å². The van der Waals surface area contributed by atoms with Crippen LogP contribution in [0.15, 0.2) is 18.2 Å². The summed E-state index contributed by atoms with van der Waals surface area (Å²) < 4.78 is 0. The fraction of sp³-hybridized carbons (Fsp3) is 0.583. The molecule has 0 unspecified atom stereocenters. The molecule has 3 heterocycles. The Kier molecular flexibility index (Phi) is 1.96. The average molecular weight is 203 g/mol. The maximum atomic E-state index is 4.64. The van der Waals surface area contributed by atoms with E-state index in [2.05, 4.69) is 40.3 Å². The van der Waals surface area contributed by atoms with Crippen molar-refractivity contribution in [1.82, 2.24) is 10.3 Å². The van der Waals surface area contributed by atoms with Crippen LogP contribution in [0.1, 0.15) is 19.0 Å². The molecule has 2 aliphatic heterocycles. The van der Waals surface area contributed by atoms with E-state index in [9.17, 15) is 0 Å². The van der Waals surface area contributed by atoms with E-state index >= 15 is 0 Å². The lowest BCUT2D eigenvalue weighted by atomic mass is 9.80. The van der Waals surface area contributed by atoms with Crippen LogP contribution in [0, 0.1) is 0 Å². The molecule has 1 aromatic rings. The molecule has 2 saturated heterocycles. The summed E-state index contributed by atoms with van der Waals surface area (Å²) in [6.07, 6.45) is 2.35. The molecule has 1 spiro atoms. The summed E-state index contributed by atoms with van der Waals surface area (Å²) in [5.74, 6) is 1.15. The van der Waals surface area contributed by atoms with Crippen LogP contribution in [0.2, 0.25) is 0 Å². The summed E-state index contributed by atoms with van der Waals surface area (Å²) in [6, 6.07) is 6.33. The van der Waals surface area contributed by atoms with Gasteiger partial charge in [-0.25, -0.2) is 4.98 Å². The molecule has 3 nitrogen and oxygen atoms in total. The number of anilines is 1. The van der Waals surface area contributed by atoms with Crippen LogP contribution in [-0.4, -0.2) is 30.2 Å². The number of pyridine rings is 1. The third-order valence-electron chi connectivity index (χ3n) is 3.57. The molecule has 0 radical (unpaired) electrons. The Bertz CT molecular complexity index is 363. The van der Waals surface area contributed by atoms with Crippen molar-refractivity contribution in [3.8, 4) is 0 Å². The summed E-state index contributed by atoms with van der Waals surface area (Å²) in [4.78, 5) is 7.00. The van der Waals surface area contributed by atoms with Crippen LogP contribution in [0.25, 0.3) is 0 Å². The minimum atomic E-state index is 0.448. The fourth-order valence-electron chi connectivity index (χ4n) is 2.43. The number of aryl methyl sites for hydroxylation is 1. The summed E-state index contributed by atoms with van der Waals surface area (Å²) in [5.41, 5.74) is 1.64. The summed E-state index contributed by atoms with van der Waals surface area (Å²) in [6.45, 7) is 5.60. The number of nitrogens with one attached hydrogen (secondary N) is 1. The first kappa shape index (κ1) is 9.16. The molecule has 0 bridgehead atoms. The Hall–Kier alpha value is -1.09. The van der Waals surface area contributed by atoms with Crippen molar-refractivity contribution in [2.75, 3.05) is 24.5 Å². The Morgan fingerprint density at radius 2 is 2.27 bits per heavy atom. The lowest BCUT2D eigenvalue weighted by molar-refractivity contribution is 0.158. The normalized spacial score (nSPS) is 22.3. The van der Waals surface area contributed by atoms with E-state index in [-0.39, 0.29) is 0 Å². The molecule has 3 heteroatoms. The molecule has 2 fully saturated rings. The van der Waals surface area contributed by atoms with Gasteiger partial charge in [-0.05, 0) is 31.5 Å². The second-order valence-corrected chi connectivity index (χ2v) is 4.65. The third-order valence-corrected chi connectivity index (χ3v) is 3.57. The SMILES string of the molecule is CCc1cccc(N2CC3(CCN3)C2)n1. The van der Waals surface area contributed by atoms with Crippen molar-refractivity contribution < 1.29 is 0 Å². The predicted molar refractivity (Wildman–Crippen MR) is 61.2 cm³/mol. The maximum absolute atomic E-state index is 4.64. The Labute approximate surface area is 90.5 Å².